The van der Waals surface area contributed by atoms with Crippen LogP contribution in [0, 0.1) is 0 Å². The topological polar surface area (TPSA) is 50.4 Å². The molecule has 0 aliphatic heterocycles. The van der Waals surface area contributed by atoms with Gasteiger partial charge in [0, 0.05) is 6.54 Å². The summed E-state index contributed by atoms with van der Waals surface area (Å²) in [6, 6.07) is 9.89. The van der Waals surface area contributed by atoms with Crippen LogP contribution in [0.5, 0.6) is 0 Å². The minimum absolute atomic E-state index is 0.0406. The zero-order chi connectivity index (χ0) is 16.2. The van der Waals surface area contributed by atoms with E-state index < -0.39 is 0 Å². The number of hydrogen-bond donors (Lipinski definition) is 2. The quantitative estimate of drug-likeness (QED) is 0.618. The summed E-state index contributed by atoms with van der Waals surface area (Å²) in [5.74, 6) is 0.0406. The third-order valence-electron chi connectivity index (χ3n) is 3.72. The van der Waals surface area contributed by atoms with Gasteiger partial charge in [0.05, 0.1) is 18.8 Å². The van der Waals surface area contributed by atoms with Crippen LogP contribution in [0.25, 0.3) is 0 Å². The first kappa shape index (κ1) is 18.7. The van der Waals surface area contributed by atoms with Gasteiger partial charge in [-0.15, -0.1) is 0 Å². The molecule has 0 saturated heterocycles. The molecule has 4 heteroatoms. The first-order valence-corrected chi connectivity index (χ1v) is 8.37. The standard InChI is InChI=1S/C18H30N2O2/c1-4-16(5-2)22-13-12-20-18(21)17(19-6-3)14-15-10-8-7-9-11-15/h7-11,16-17,19H,4-6,12-14H2,1-3H3,(H,20,21). The molecule has 2 N–H and O–H groups in total. The van der Waals surface area contributed by atoms with Crippen molar-refractivity contribution in [2.75, 3.05) is 19.7 Å². The normalized spacial score (nSPS) is 12.4. The van der Waals surface area contributed by atoms with Crippen molar-refractivity contribution in [1.29, 1.82) is 0 Å². The Balaban J connectivity index is 2.38. The van der Waals surface area contributed by atoms with E-state index in [1.54, 1.807) is 0 Å². The van der Waals surface area contributed by atoms with Crippen LogP contribution in [-0.2, 0) is 16.0 Å². The van der Waals surface area contributed by atoms with E-state index in [9.17, 15) is 4.79 Å². The van der Waals surface area contributed by atoms with Crippen LogP contribution in [0.2, 0.25) is 0 Å². The Morgan fingerprint density at radius 1 is 1.14 bits per heavy atom. The molecule has 0 radical (unpaired) electrons. The number of carbonyl (C=O) groups excluding carboxylic acids is 1. The molecule has 4 nitrogen and oxygen atoms in total. The number of benzene rings is 1. The number of likely N-dealkylation sites (N-methyl/N-ethyl adjacent to an activating group) is 1. The molecule has 0 heterocycles. The van der Waals surface area contributed by atoms with Gasteiger partial charge in [-0.2, -0.15) is 0 Å². The van der Waals surface area contributed by atoms with Crippen LogP contribution in [0.3, 0.4) is 0 Å². The molecule has 1 rings (SSSR count). The van der Waals surface area contributed by atoms with Gasteiger partial charge in [-0.25, -0.2) is 0 Å². The highest BCUT2D eigenvalue weighted by Gasteiger charge is 2.17. The van der Waals surface area contributed by atoms with Crippen LogP contribution in [-0.4, -0.2) is 37.7 Å². The number of amides is 1. The van der Waals surface area contributed by atoms with Crippen LogP contribution in [0.1, 0.15) is 39.2 Å². The van der Waals surface area contributed by atoms with Crippen LogP contribution in [0.15, 0.2) is 30.3 Å². The van der Waals surface area contributed by atoms with E-state index in [0.29, 0.717) is 25.7 Å². The summed E-state index contributed by atoms with van der Waals surface area (Å²) >= 11 is 0. The van der Waals surface area contributed by atoms with Crippen LogP contribution in [0.4, 0.5) is 0 Å². The molecule has 124 valence electrons. The zero-order valence-corrected chi connectivity index (χ0v) is 14.1. The number of rotatable bonds is 11. The summed E-state index contributed by atoms with van der Waals surface area (Å²) < 4.78 is 5.71. The van der Waals surface area contributed by atoms with Crippen molar-refractivity contribution in [3.8, 4) is 0 Å². The lowest BCUT2D eigenvalue weighted by atomic mass is 10.1. The van der Waals surface area contributed by atoms with E-state index >= 15 is 0 Å². The van der Waals surface area contributed by atoms with Gasteiger partial charge in [0.25, 0.3) is 0 Å². The average Bonchev–Trinajstić information content (AvgIpc) is 2.55. The van der Waals surface area contributed by atoms with Gasteiger partial charge in [0.15, 0.2) is 0 Å². The molecule has 0 saturated carbocycles. The van der Waals surface area contributed by atoms with Crippen molar-refractivity contribution >= 4 is 5.91 Å². The van der Waals surface area contributed by atoms with Crippen molar-refractivity contribution in [3.63, 3.8) is 0 Å². The van der Waals surface area contributed by atoms with Crippen molar-refractivity contribution in [2.24, 2.45) is 0 Å². The van der Waals surface area contributed by atoms with Crippen LogP contribution >= 0.6 is 0 Å². The van der Waals surface area contributed by atoms with E-state index in [0.717, 1.165) is 24.9 Å². The van der Waals surface area contributed by atoms with Gasteiger partial charge in [-0.1, -0.05) is 51.1 Å². The number of nitrogens with one attached hydrogen (secondary N) is 2. The van der Waals surface area contributed by atoms with Crippen LogP contribution < -0.4 is 10.6 Å². The fourth-order valence-corrected chi connectivity index (χ4v) is 2.40. The second-order valence-electron chi connectivity index (χ2n) is 5.40. The maximum absolute atomic E-state index is 12.3. The predicted octanol–water partition coefficient (Wildman–Crippen LogP) is 2.53. The molecule has 0 bridgehead atoms. The molecule has 0 aromatic heterocycles. The fourth-order valence-electron chi connectivity index (χ4n) is 2.40. The molecule has 0 spiro atoms. The maximum Gasteiger partial charge on any atom is 0.237 e. The van der Waals surface area contributed by atoms with Gasteiger partial charge < -0.3 is 15.4 Å². The van der Waals surface area contributed by atoms with Crippen molar-refractivity contribution < 1.29 is 9.53 Å². The Hall–Kier alpha value is -1.39. The lowest BCUT2D eigenvalue weighted by Crippen LogP contribution is -2.46. The predicted molar refractivity (Wildman–Crippen MR) is 90.9 cm³/mol. The van der Waals surface area contributed by atoms with E-state index in [2.05, 4.69) is 24.5 Å². The molecule has 0 aliphatic rings. The number of hydrogen-bond acceptors (Lipinski definition) is 3. The Morgan fingerprint density at radius 3 is 2.41 bits per heavy atom. The van der Waals surface area contributed by atoms with Gasteiger partial charge in [0.2, 0.25) is 5.91 Å². The molecule has 1 aromatic rings. The lowest BCUT2D eigenvalue weighted by Gasteiger charge is -2.19. The zero-order valence-electron chi connectivity index (χ0n) is 14.1. The lowest BCUT2D eigenvalue weighted by molar-refractivity contribution is -0.123. The Labute approximate surface area is 134 Å². The van der Waals surface area contributed by atoms with E-state index in [-0.39, 0.29) is 11.9 Å². The summed E-state index contributed by atoms with van der Waals surface area (Å²) in [7, 11) is 0. The Kier molecular flexibility index (Phi) is 9.51. The van der Waals surface area contributed by atoms with Gasteiger partial charge >= 0.3 is 0 Å². The summed E-state index contributed by atoms with van der Waals surface area (Å²) in [5, 5.41) is 6.21. The minimum Gasteiger partial charge on any atom is -0.376 e. The van der Waals surface area contributed by atoms with Crippen molar-refractivity contribution in [3.05, 3.63) is 35.9 Å². The summed E-state index contributed by atoms with van der Waals surface area (Å²) in [6.45, 7) is 8.16. The molecular weight excluding hydrogens is 276 g/mol. The average molecular weight is 306 g/mol. The molecule has 1 aromatic carbocycles. The first-order chi connectivity index (χ1) is 10.7. The molecule has 1 unspecified atom stereocenters. The Morgan fingerprint density at radius 2 is 1.82 bits per heavy atom. The number of ether oxygens (including phenoxy) is 1. The van der Waals surface area contributed by atoms with E-state index in [4.69, 9.17) is 4.74 Å². The largest absolute Gasteiger partial charge is 0.376 e. The molecule has 1 amide bonds. The first-order valence-electron chi connectivity index (χ1n) is 8.37. The van der Waals surface area contributed by atoms with Gasteiger partial charge in [0.1, 0.15) is 0 Å². The second-order valence-corrected chi connectivity index (χ2v) is 5.40. The third-order valence-corrected chi connectivity index (χ3v) is 3.72. The minimum atomic E-state index is -0.194. The SMILES string of the molecule is CCNC(Cc1ccccc1)C(=O)NCCOC(CC)CC. The fraction of sp³-hybridized carbons (Fsp3) is 0.611. The maximum atomic E-state index is 12.3. The second kappa shape index (κ2) is 11.2. The number of carbonyl (C=O) groups is 1. The smallest absolute Gasteiger partial charge is 0.237 e. The molecule has 0 fully saturated rings. The Bertz CT molecular complexity index is 405. The monoisotopic (exact) mass is 306 g/mol. The van der Waals surface area contributed by atoms with E-state index in [1.165, 1.54) is 0 Å². The molecule has 22 heavy (non-hydrogen) atoms. The summed E-state index contributed by atoms with van der Waals surface area (Å²) in [4.78, 5) is 12.3. The van der Waals surface area contributed by atoms with Crippen molar-refractivity contribution in [1.82, 2.24) is 10.6 Å². The van der Waals surface area contributed by atoms with Gasteiger partial charge in [-0.05, 0) is 31.4 Å². The summed E-state index contributed by atoms with van der Waals surface area (Å²) in [5.41, 5.74) is 1.16. The molecule has 0 aliphatic carbocycles. The van der Waals surface area contributed by atoms with E-state index in [1.807, 2.05) is 37.3 Å². The highest BCUT2D eigenvalue weighted by atomic mass is 16.5. The third kappa shape index (κ3) is 7.05. The molecular formula is C18H30N2O2. The highest BCUT2D eigenvalue weighted by Crippen LogP contribution is 2.04. The van der Waals surface area contributed by atoms with Crippen molar-refractivity contribution in [2.45, 2.75) is 52.2 Å². The van der Waals surface area contributed by atoms with Gasteiger partial charge in [-0.3, -0.25) is 4.79 Å². The summed E-state index contributed by atoms with van der Waals surface area (Å²) in [6.07, 6.45) is 3.02. The molecule has 1 atom stereocenters. The highest BCUT2D eigenvalue weighted by molar-refractivity contribution is 5.82.